The third kappa shape index (κ3) is 4.72. The van der Waals surface area contributed by atoms with Crippen LogP contribution in [0.1, 0.15) is 31.9 Å². The molecule has 0 spiro atoms. The van der Waals surface area contributed by atoms with Gasteiger partial charge >= 0.3 is 6.18 Å². The smallest absolute Gasteiger partial charge is 0.417 e. The highest BCUT2D eigenvalue weighted by molar-refractivity contribution is 7.99. The minimum absolute atomic E-state index is 0.0214. The van der Waals surface area contributed by atoms with E-state index in [0.29, 0.717) is 11.8 Å². The highest BCUT2D eigenvalue weighted by Gasteiger charge is 2.49. The molecule has 0 radical (unpaired) electrons. The second-order valence-corrected chi connectivity index (χ2v) is 9.70. The van der Waals surface area contributed by atoms with Gasteiger partial charge in [0.15, 0.2) is 0 Å². The second-order valence-electron chi connectivity index (χ2n) is 7.97. The van der Waals surface area contributed by atoms with Crippen molar-refractivity contribution in [1.29, 1.82) is 0 Å². The third-order valence-electron chi connectivity index (χ3n) is 4.49. The molecule has 1 aromatic carbocycles. The van der Waals surface area contributed by atoms with Gasteiger partial charge in [-0.2, -0.15) is 13.2 Å². The average Bonchev–Trinajstić information content (AvgIpc) is 2.90. The van der Waals surface area contributed by atoms with Gasteiger partial charge in [-0.3, -0.25) is 4.79 Å². The first-order valence-electron chi connectivity index (χ1n) is 9.63. The number of pyridine rings is 1. The van der Waals surface area contributed by atoms with Gasteiger partial charge in [0.1, 0.15) is 17.2 Å². The summed E-state index contributed by atoms with van der Waals surface area (Å²) < 4.78 is 70.4. The van der Waals surface area contributed by atoms with Crippen molar-refractivity contribution < 1.29 is 31.1 Å². The maximum absolute atomic E-state index is 13.2. The Balaban J connectivity index is 1.79. The lowest BCUT2D eigenvalue weighted by Crippen LogP contribution is -2.46. The second kappa shape index (κ2) is 8.45. The topological polar surface area (TPSA) is 88.6 Å². The fourth-order valence-electron chi connectivity index (χ4n) is 3.20. The van der Waals surface area contributed by atoms with Crippen molar-refractivity contribution in [3.8, 4) is 5.88 Å². The Hall–Kier alpha value is -3.08. The molecule has 0 unspecified atom stereocenters. The number of hydrogen-bond acceptors (Lipinski definition) is 6. The number of rotatable bonds is 6. The van der Waals surface area contributed by atoms with Crippen LogP contribution in [0.3, 0.4) is 0 Å². The van der Waals surface area contributed by atoms with E-state index in [1.165, 1.54) is 0 Å². The van der Waals surface area contributed by atoms with Gasteiger partial charge < -0.3 is 10.1 Å². The molecule has 0 bridgehead atoms. The maximum atomic E-state index is 13.2. The number of benzene rings is 1. The van der Waals surface area contributed by atoms with Crippen molar-refractivity contribution in [3.05, 3.63) is 65.5 Å². The molecule has 0 atom stereocenters. The van der Waals surface area contributed by atoms with Gasteiger partial charge in [-0.15, -0.1) is 0 Å². The molecule has 7 nitrogen and oxygen atoms in total. The number of hydrogen-bond donors (Lipinski definition) is 1. The standard InChI is InChI=1S/C21H22F3N3O4S/c1-20(2,3)27-19(28)17(18(32(27,29)30)14-7-5-4-6-8-14)25-11-12-31-16-10-9-15(13-26-16)21(22,23)24/h4-10,13,25H,11-12H2,1-3H3. The molecule has 1 amide bonds. The predicted octanol–water partition coefficient (Wildman–Crippen LogP) is 3.41. The van der Waals surface area contributed by atoms with Crippen LogP contribution >= 0.6 is 0 Å². The Bertz CT molecular complexity index is 1120. The molecule has 2 heterocycles. The Kier molecular flexibility index (Phi) is 6.23. The molecule has 32 heavy (non-hydrogen) atoms. The summed E-state index contributed by atoms with van der Waals surface area (Å²) in [6.45, 7) is 4.81. The lowest BCUT2D eigenvalue weighted by molar-refractivity contribution is -0.137. The van der Waals surface area contributed by atoms with Crippen LogP contribution in [-0.2, 0) is 21.0 Å². The quantitative estimate of drug-likeness (QED) is 0.653. The van der Waals surface area contributed by atoms with E-state index in [9.17, 15) is 26.4 Å². The molecule has 1 N–H and O–H groups in total. The van der Waals surface area contributed by atoms with Crippen molar-refractivity contribution >= 4 is 20.8 Å². The molecule has 1 aromatic heterocycles. The van der Waals surface area contributed by atoms with Crippen molar-refractivity contribution in [2.24, 2.45) is 0 Å². The summed E-state index contributed by atoms with van der Waals surface area (Å²) in [6.07, 6.45) is -3.84. The van der Waals surface area contributed by atoms with Gasteiger partial charge in [0.05, 0.1) is 11.1 Å². The zero-order valence-electron chi connectivity index (χ0n) is 17.6. The number of aromatic nitrogens is 1. The summed E-state index contributed by atoms with van der Waals surface area (Å²) >= 11 is 0. The highest BCUT2D eigenvalue weighted by Crippen LogP contribution is 2.38. The molecule has 172 valence electrons. The van der Waals surface area contributed by atoms with Crippen molar-refractivity contribution in [1.82, 2.24) is 14.6 Å². The van der Waals surface area contributed by atoms with Gasteiger partial charge in [0, 0.05) is 18.8 Å². The number of carbonyl (C=O) groups excluding carboxylic acids is 1. The highest BCUT2D eigenvalue weighted by atomic mass is 32.2. The zero-order valence-corrected chi connectivity index (χ0v) is 18.4. The van der Waals surface area contributed by atoms with Crippen LogP contribution in [0.2, 0.25) is 0 Å². The van der Waals surface area contributed by atoms with Gasteiger partial charge in [0.2, 0.25) is 5.88 Å². The molecule has 11 heteroatoms. The molecular weight excluding hydrogens is 447 g/mol. The van der Waals surface area contributed by atoms with E-state index in [1.807, 2.05) is 0 Å². The van der Waals surface area contributed by atoms with E-state index in [2.05, 4.69) is 10.3 Å². The summed E-state index contributed by atoms with van der Waals surface area (Å²) in [5, 5.41) is 2.82. The molecule has 2 aromatic rings. The first-order chi connectivity index (χ1) is 14.8. The van der Waals surface area contributed by atoms with E-state index in [0.717, 1.165) is 16.4 Å². The van der Waals surface area contributed by atoms with Crippen LogP contribution < -0.4 is 10.1 Å². The number of sulfonamides is 1. The van der Waals surface area contributed by atoms with Crippen molar-refractivity contribution in [3.63, 3.8) is 0 Å². The fraction of sp³-hybridized carbons (Fsp3) is 0.333. The maximum Gasteiger partial charge on any atom is 0.417 e. The number of carbonyl (C=O) groups is 1. The summed E-state index contributed by atoms with van der Waals surface area (Å²) in [6, 6.07) is 10.2. The molecule has 1 aliphatic heterocycles. The van der Waals surface area contributed by atoms with Gasteiger partial charge in [-0.1, -0.05) is 30.3 Å². The molecule has 0 saturated carbocycles. The number of halogens is 3. The van der Waals surface area contributed by atoms with Crippen LogP contribution in [0.15, 0.2) is 54.4 Å². The Morgan fingerprint density at radius 1 is 1.06 bits per heavy atom. The summed E-state index contributed by atoms with van der Waals surface area (Å²) in [7, 11) is -4.10. The van der Waals surface area contributed by atoms with Crippen molar-refractivity contribution in [2.75, 3.05) is 13.2 Å². The molecular formula is C21H22F3N3O4S. The number of amides is 1. The number of alkyl halides is 3. The van der Waals surface area contributed by atoms with E-state index in [1.54, 1.807) is 51.1 Å². The van der Waals surface area contributed by atoms with Crippen LogP contribution in [0, 0.1) is 0 Å². The van der Waals surface area contributed by atoms with Crippen molar-refractivity contribution in [2.45, 2.75) is 32.5 Å². The monoisotopic (exact) mass is 469 g/mol. The summed E-state index contributed by atoms with van der Waals surface area (Å²) in [5.41, 5.74) is -1.61. The lowest BCUT2D eigenvalue weighted by atomic mass is 10.1. The zero-order chi connectivity index (χ0) is 23.7. The van der Waals surface area contributed by atoms with Crippen LogP contribution in [-0.4, -0.2) is 42.3 Å². The SMILES string of the molecule is CC(C)(C)N1C(=O)C(NCCOc2ccc(C(F)(F)F)cn2)=C(c2ccccc2)S1(=O)=O. The minimum Gasteiger partial charge on any atom is -0.476 e. The molecule has 0 aliphatic carbocycles. The molecule has 1 aliphatic rings. The van der Waals surface area contributed by atoms with Gasteiger partial charge in [-0.25, -0.2) is 17.7 Å². The Morgan fingerprint density at radius 3 is 2.25 bits per heavy atom. The van der Waals surface area contributed by atoms with Crippen LogP contribution in [0.5, 0.6) is 5.88 Å². The normalized spacial score (nSPS) is 16.4. The van der Waals surface area contributed by atoms with Crippen LogP contribution in [0.4, 0.5) is 13.2 Å². The predicted molar refractivity (Wildman–Crippen MR) is 112 cm³/mol. The molecule has 0 saturated heterocycles. The average molecular weight is 469 g/mol. The number of nitrogens with one attached hydrogen (secondary N) is 1. The first-order valence-corrected chi connectivity index (χ1v) is 11.1. The summed E-state index contributed by atoms with van der Waals surface area (Å²) in [4.78, 5) is 16.5. The first kappa shape index (κ1) is 23.6. The van der Waals surface area contributed by atoms with E-state index in [4.69, 9.17) is 4.74 Å². The van der Waals surface area contributed by atoms with Gasteiger partial charge in [0.25, 0.3) is 15.9 Å². The van der Waals surface area contributed by atoms with E-state index in [-0.39, 0.29) is 29.6 Å². The van der Waals surface area contributed by atoms with Gasteiger partial charge in [-0.05, 0) is 32.4 Å². The lowest BCUT2D eigenvalue weighted by Gasteiger charge is -2.30. The largest absolute Gasteiger partial charge is 0.476 e. The third-order valence-corrected chi connectivity index (χ3v) is 6.64. The number of ether oxygens (including phenoxy) is 1. The Morgan fingerprint density at radius 2 is 1.72 bits per heavy atom. The van der Waals surface area contributed by atoms with E-state index >= 15 is 0 Å². The van der Waals surface area contributed by atoms with E-state index < -0.39 is 33.2 Å². The summed E-state index contributed by atoms with van der Waals surface area (Å²) in [5.74, 6) is -0.720. The molecule has 3 rings (SSSR count). The Labute approximate surface area is 184 Å². The molecule has 0 fully saturated rings. The minimum atomic E-state index is -4.50. The van der Waals surface area contributed by atoms with Crippen LogP contribution in [0.25, 0.3) is 4.91 Å². The fourth-order valence-corrected chi connectivity index (χ4v) is 5.26. The number of nitrogens with zero attached hydrogens (tertiary/aromatic N) is 2.